The van der Waals surface area contributed by atoms with Crippen LogP contribution >= 0.6 is 0 Å². The lowest BCUT2D eigenvalue weighted by Gasteiger charge is -2.32. The molecule has 0 N–H and O–H groups in total. The van der Waals surface area contributed by atoms with Gasteiger partial charge >= 0.3 is 0 Å². The minimum atomic E-state index is -0.284. The van der Waals surface area contributed by atoms with E-state index in [0.717, 1.165) is 44.2 Å². The van der Waals surface area contributed by atoms with Crippen molar-refractivity contribution in [3.05, 3.63) is 197 Å². The summed E-state index contributed by atoms with van der Waals surface area (Å²) in [4.78, 5) is 0. The normalized spacial score (nSPS) is 11.2. The molecule has 6 aromatic rings. The number of rotatable bonds is 12. The van der Waals surface area contributed by atoms with Crippen LogP contribution in [0.25, 0.3) is 0 Å². The highest BCUT2D eigenvalue weighted by molar-refractivity contribution is 6.20. The van der Waals surface area contributed by atoms with Crippen molar-refractivity contribution in [1.29, 1.82) is 0 Å². The van der Waals surface area contributed by atoms with E-state index in [1.807, 2.05) is 54.6 Å². The molecule has 0 bridgehead atoms. The first-order valence-electron chi connectivity index (χ1n) is 15.0. The zero-order chi connectivity index (χ0) is 30.0. The molecule has 0 atom stereocenters. The first-order valence-corrected chi connectivity index (χ1v) is 16.0. The van der Waals surface area contributed by atoms with Crippen molar-refractivity contribution in [2.75, 3.05) is 0 Å². The van der Waals surface area contributed by atoms with Crippen molar-refractivity contribution < 1.29 is 14.2 Å². The Hall–Kier alpha value is -5.06. The van der Waals surface area contributed by atoms with E-state index >= 15 is 0 Å². The highest BCUT2D eigenvalue weighted by Gasteiger charge is 2.31. The third kappa shape index (κ3) is 7.11. The van der Waals surface area contributed by atoms with E-state index in [-0.39, 0.29) is 5.04 Å². The van der Waals surface area contributed by atoms with Crippen LogP contribution in [0.1, 0.15) is 33.4 Å². The Morgan fingerprint density at radius 3 is 0.841 bits per heavy atom. The SMILES string of the molecule is [SiH3]C(c1ccc(OCc2ccccc2)cc1)(c1ccc(OCc2ccccc2)cc1)c1ccc(OCc2ccccc2)cc1. The number of hydrogen-bond donors (Lipinski definition) is 0. The summed E-state index contributed by atoms with van der Waals surface area (Å²) in [6.07, 6.45) is 0. The third-order valence-corrected chi connectivity index (χ3v) is 9.77. The molecule has 0 unspecified atom stereocenters. The molecule has 0 amide bonds. The summed E-state index contributed by atoms with van der Waals surface area (Å²) in [5, 5.41) is -0.284. The first kappa shape index (κ1) is 29.0. The summed E-state index contributed by atoms with van der Waals surface area (Å²) in [5.41, 5.74) is 7.14. The molecule has 218 valence electrons. The van der Waals surface area contributed by atoms with Gasteiger partial charge in [0.05, 0.1) is 0 Å². The number of ether oxygens (including phenoxy) is 3. The zero-order valence-corrected chi connectivity index (χ0v) is 26.9. The van der Waals surface area contributed by atoms with Crippen molar-refractivity contribution in [3.63, 3.8) is 0 Å². The van der Waals surface area contributed by atoms with Gasteiger partial charge in [-0.2, -0.15) is 0 Å². The summed E-state index contributed by atoms with van der Waals surface area (Å²) in [7, 11) is 0.850. The molecule has 4 heteroatoms. The molecule has 0 radical (unpaired) electrons. The Kier molecular flexibility index (Phi) is 9.20. The maximum atomic E-state index is 6.11. The lowest BCUT2D eigenvalue weighted by atomic mass is 9.83. The van der Waals surface area contributed by atoms with Gasteiger partial charge in [0.2, 0.25) is 0 Å². The van der Waals surface area contributed by atoms with Gasteiger partial charge in [0, 0.05) is 15.3 Å². The van der Waals surface area contributed by atoms with E-state index in [4.69, 9.17) is 14.2 Å². The van der Waals surface area contributed by atoms with Gasteiger partial charge in [0.1, 0.15) is 37.1 Å². The Morgan fingerprint density at radius 1 is 0.341 bits per heavy atom. The van der Waals surface area contributed by atoms with E-state index in [1.165, 1.54) is 16.7 Å². The Bertz CT molecular complexity index is 1510. The Labute approximate surface area is 263 Å². The molecule has 3 nitrogen and oxygen atoms in total. The van der Waals surface area contributed by atoms with E-state index in [9.17, 15) is 0 Å². The smallest absolute Gasteiger partial charge is 0.119 e. The molecule has 0 heterocycles. The molecule has 0 aliphatic carbocycles. The van der Waals surface area contributed by atoms with Gasteiger partial charge in [0.15, 0.2) is 0 Å². The average Bonchev–Trinajstić information content (AvgIpc) is 3.10. The van der Waals surface area contributed by atoms with Gasteiger partial charge in [-0.25, -0.2) is 0 Å². The predicted molar refractivity (Wildman–Crippen MR) is 181 cm³/mol. The molecule has 0 saturated heterocycles. The van der Waals surface area contributed by atoms with E-state index in [0.29, 0.717) is 19.8 Å². The second-order valence-corrected chi connectivity index (χ2v) is 12.5. The van der Waals surface area contributed by atoms with Crippen LogP contribution in [0.2, 0.25) is 0 Å². The van der Waals surface area contributed by atoms with Crippen LogP contribution in [0, 0.1) is 0 Å². The summed E-state index contributed by atoms with van der Waals surface area (Å²) in [5.74, 6) is 2.57. The van der Waals surface area contributed by atoms with Crippen LogP contribution in [0.5, 0.6) is 17.2 Å². The lowest BCUT2D eigenvalue weighted by Crippen LogP contribution is -2.29. The molecule has 44 heavy (non-hydrogen) atoms. The first-order chi connectivity index (χ1) is 21.7. The highest BCUT2D eigenvalue weighted by atomic mass is 28.1. The fourth-order valence-corrected chi connectivity index (χ4v) is 6.38. The predicted octanol–water partition coefficient (Wildman–Crippen LogP) is 8.08. The van der Waals surface area contributed by atoms with Crippen molar-refractivity contribution >= 4 is 10.2 Å². The summed E-state index contributed by atoms with van der Waals surface area (Å²) in [6.45, 7) is 1.63. The minimum absolute atomic E-state index is 0.284. The standard InChI is InChI=1S/C40H36O3Si/c44-40(34-16-22-37(23-17-34)41-28-31-10-4-1-5-11-31,35-18-24-38(25-19-35)42-29-32-12-6-2-7-13-32)36-20-26-39(27-21-36)43-30-33-14-8-3-9-15-33/h1-27H,28-30H2,44H3. The molecule has 0 spiro atoms. The maximum Gasteiger partial charge on any atom is 0.119 e. The summed E-state index contributed by atoms with van der Waals surface area (Å²) in [6, 6.07) is 56.5. The summed E-state index contributed by atoms with van der Waals surface area (Å²) >= 11 is 0. The van der Waals surface area contributed by atoms with Crippen LogP contribution in [0.15, 0.2) is 164 Å². The van der Waals surface area contributed by atoms with Crippen molar-refractivity contribution in [2.24, 2.45) is 0 Å². The average molecular weight is 593 g/mol. The Morgan fingerprint density at radius 2 is 0.591 bits per heavy atom. The van der Waals surface area contributed by atoms with Crippen molar-refractivity contribution in [2.45, 2.75) is 24.9 Å². The van der Waals surface area contributed by atoms with Crippen LogP contribution in [0.4, 0.5) is 0 Å². The molecule has 0 fully saturated rings. The van der Waals surface area contributed by atoms with Gasteiger partial charge in [-0.15, -0.1) is 0 Å². The number of benzene rings is 6. The minimum Gasteiger partial charge on any atom is -0.489 e. The maximum absolute atomic E-state index is 6.11. The molecular formula is C40H36O3Si. The van der Waals surface area contributed by atoms with Crippen LogP contribution in [0.3, 0.4) is 0 Å². The molecule has 0 aromatic heterocycles. The summed E-state index contributed by atoms with van der Waals surface area (Å²) < 4.78 is 18.3. The topological polar surface area (TPSA) is 27.7 Å². The monoisotopic (exact) mass is 592 g/mol. The van der Waals surface area contributed by atoms with Crippen molar-refractivity contribution in [1.82, 2.24) is 0 Å². The van der Waals surface area contributed by atoms with Crippen LogP contribution in [-0.4, -0.2) is 10.2 Å². The van der Waals surface area contributed by atoms with Crippen LogP contribution < -0.4 is 14.2 Å². The lowest BCUT2D eigenvalue weighted by molar-refractivity contribution is 0.306. The van der Waals surface area contributed by atoms with E-state index in [2.05, 4.69) is 109 Å². The molecule has 6 aromatic carbocycles. The molecule has 0 aliphatic heterocycles. The zero-order valence-electron chi connectivity index (χ0n) is 24.9. The Balaban J connectivity index is 1.24. The molecule has 0 saturated carbocycles. The molecular weight excluding hydrogens is 557 g/mol. The van der Waals surface area contributed by atoms with Gasteiger partial charge < -0.3 is 14.2 Å². The quantitative estimate of drug-likeness (QED) is 0.106. The fraction of sp³-hybridized carbons (Fsp3) is 0.100. The van der Waals surface area contributed by atoms with E-state index in [1.54, 1.807) is 0 Å². The second-order valence-electron chi connectivity index (χ2n) is 11.0. The molecule has 0 aliphatic rings. The molecule has 6 rings (SSSR count). The largest absolute Gasteiger partial charge is 0.489 e. The number of hydrogen-bond acceptors (Lipinski definition) is 3. The fourth-order valence-electron chi connectivity index (χ4n) is 5.38. The van der Waals surface area contributed by atoms with Gasteiger partial charge in [0.25, 0.3) is 0 Å². The second kappa shape index (κ2) is 13.9. The van der Waals surface area contributed by atoms with Gasteiger partial charge in [-0.1, -0.05) is 127 Å². The van der Waals surface area contributed by atoms with Crippen LogP contribution in [-0.2, 0) is 24.9 Å². The van der Waals surface area contributed by atoms with E-state index < -0.39 is 0 Å². The highest BCUT2D eigenvalue weighted by Crippen LogP contribution is 2.38. The van der Waals surface area contributed by atoms with Crippen molar-refractivity contribution in [3.8, 4) is 17.2 Å². The third-order valence-electron chi connectivity index (χ3n) is 8.04. The van der Waals surface area contributed by atoms with Gasteiger partial charge in [-0.3, -0.25) is 0 Å². The van der Waals surface area contributed by atoms with Gasteiger partial charge in [-0.05, 0) is 69.8 Å².